The van der Waals surface area contributed by atoms with E-state index in [4.69, 9.17) is 9.47 Å². The maximum atomic E-state index is 6.15. The molecule has 0 unspecified atom stereocenters. The number of ether oxygens (including phenoxy) is 2. The van der Waals surface area contributed by atoms with Gasteiger partial charge >= 0.3 is 0 Å². The van der Waals surface area contributed by atoms with E-state index in [0.717, 1.165) is 6.61 Å². The van der Waals surface area contributed by atoms with Gasteiger partial charge in [0.15, 0.2) is 0 Å². The highest BCUT2D eigenvalue weighted by Gasteiger charge is 2.65. The summed E-state index contributed by atoms with van der Waals surface area (Å²) < 4.78 is 12.1. The number of rotatable bonds is 7. The Kier molecular flexibility index (Phi) is 3.90. The maximum Gasteiger partial charge on any atom is 0.121 e. The Bertz CT molecular complexity index is 403. The van der Waals surface area contributed by atoms with Crippen LogP contribution in [-0.2, 0) is 16.1 Å². The molecule has 0 N–H and O–H groups in total. The first-order valence-corrected chi connectivity index (χ1v) is 7.68. The molecule has 19 heavy (non-hydrogen) atoms. The number of benzene rings is 1. The summed E-state index contributed by atoms with van der Waals surface area (Å²) in [6.45, 7) is 2.97. The molecule has 1 saturated heterocycles. The van der Waals surface area contributed by atoms with Gasteiger partial charge in [-0.05, 0) is 24.8 Å². The van der Waals surface area contributed by atoms with Crippen LogP contribution in [0.2, 0.25) is 0 Å². The second kappa shape index (κ2) is 5.64. The molecule has 0 spiro atoms. The topological polar surface area (TPSA) is 21.8 Å². The Morgan fingerprint density at radius 1 is 1.21 bits per heavy atom. The van der Waals surface area contributed by atoms with Crippen LogP contribution in [-0.4, -0.2) is 17.8 Å². The second-order valence-corrected chi connectivity index (χ2v) is 5.88. The largest absolute Gasteiger partial charge is 0.370 e. The lowest BCUT2D eigenvalue weighted by Crippen LogP contribution is -2.29. The molecular formula is C17H24O2. The summed E-state index contributed by atoms with van der Waals surface area (Å²) in [5.41, 5.74) is 1.35. The van der Waals surface area contributed by atoms with Gasteiger partial charge in [0.2, 0.25) is 0 Å². The molecule has 3 atom stereocenters. The van der Waals surface area contributed by atoms with Gasteiger partial charge in [0, 0.05) is 0 Å². The quantitative estimate of drug-likeness (QED) is 0.544. The molecule has 0 radical (unpaired) electrons. The summed E-state index contributed by atoms with van der Waals surface area (Å²) in [7, 11) is 0. The fourth-order valence-electron chi connectivity index (χ4n) is 3.39. The van der Waals surface area contributed by atoms with Crippen molar-refractivity contribution in [3.05, 3.63) is 35.9 Å². The molecule has 1 aromatic carbocycles. The Balaban J connectivity index is 1.53. The van der Waals surface area contributed by atoms with Crippen LogP contribution in [0.15, 0.2) is 30.3 Å². The predicted octanol–water partition coefficient (Wildman–Crippen LogP) is 4.08. The van der Waals surface area contributed by atoms with E-state index >= 15 is 0 Å². The summed E-state index contributed by atoms with van der Waals surface area (Å²) in [5.74, 6) is 0. The van der Waals surface area contributed by atoms with Crippen LogP contribution in [0.5, 0.6) is 0 Å². The van der Waals surface area contributed by atoms with E-state index in [1.807, 2.05) is 6.07 Å². The van der Waals surface area contributed by atoms with Crippen LogP contribution in [0.4, 0.5) is 0 Å². The zero-order chi connectivity index (χ0) is 13.1. The van der Waals surface area contributed by atoms with Crippen molar-refractivity contribution in [3.63, 3.8) is 0 Å². The molecule has 2 fully saturated rings. The van der Waals surface area contributed by atoms with Gasteiger partial charge in [-0.3, -0.25) is 0 Å². The summed E-state index contributed by atoms with van der Waals surface area (Å²) in [5, 5.41) is 0. The Labute approximate surface area is 116 Å². The molecule has 2 heteroatoms. The fraction of sp³-hybridized carbons (Fsp3) is 0.647. The molecule has 2 aliphatic rings. The molecule has 1 aromatic rings. The van der Waals surface area contributed by atoms with Crippen molar-refractivity contribution in [1.29, 1.82) is 0 Å². The molecule has 0 amide bonds. The summed E-state index contributed by atoms with van der Waals surface area (Å²) in [6.07, 6.45) is 8.21. The lowest BCUT2D eigenvalue weighted by atomic mass is 9.97. The van der Waals surface area contributed by atoms with E-state index in [1.165, 1.54) is 44.1 Å². The van der Waals surface area contributed by atoms with Gasteiger partial charge in [0.1, 0.15) is 5.60 Å². The normalized spacial score (nSPS) is 32.3. The maximum absolute atomic E-state index is 6.15. The highest BCUT2D eigenvalue weighted by Crippen LogP contribution is 2.54. The molecule has 1 saturated carbocycles. The third kappa shape index (κ3) is 2.70. The van der Waals surface area contributed by atoms with Gasteiger partial charge in [-0.1, -0.05) is 56.5 Å². The average Bonchev–Trinajstić information content (AvgIpc) is 3.06. The van der Waals surface area contributed by atoms with Crippen molar-refractivity contribution < 1.29 is 9.47 Å². The van der Waals surface area contributed by atoms with Gasteiger partial charge in [-0.15, -0.1) is 0 Å². The van der Waals surface area contributed by atoms with Crippen molar-refractivity contribution in [1.82, 2.24) is 0 Å². The minimum absolute atomic E-state index is 0.0873. The Hall–Kier alpha value is -0.860. The second-order valence-electron chi connectivity index (χ2n) is 5.88. The molecule has 0 aromatic heterocycles. The van der Waals surface area contributed by atoms with Gasteiger partial charge in [-0.25, -0.2) is 0 Å². The van der Waals surface area contributed by atoms with Crippen LogP contribution in [0, 0.1) is 0 Å². The van der Waals surface area contributed by atoms with E-state index in [1.54, 1.807) is 0 Å². The summed E-state index contributed by atoms with van der Waals surface area (Å²) in [6, 6.07) is 10.4. The first kappa shape index (κ1) is 13.1. The molecule has 1 heterocycles. The van der Waals surface area contributed by atoms with Gasteiger partial charge in [-0.2, -0.15) is 0 Å². The van der Waals surface area contributed by atoms with Crippen molar-refractivity contribution in [3.8, 4) is 0 Å². The Morgan fingerprint density at radius 2 is 2.05 bits per heavy atom. The van der Waals surface area contributed by atoms with Crippen molar-refractivity contribution in [2.45, 2.75) is 69.9 Å². The molecule has 1 aliphatic heterocycles. The highest BCUT2D eigenvalue weighted by atomic mass is 16.6. The third-order valence-electron chi connectivity index (χ3n) is 4.55. The zero-order valence-corrected chi connectivity index (χ0v) is 11.8. The van der Waals surface area contributed by atoms with Crippen molar-refractivity contribution in [2.24, 2.45) is 0 Å². The van der Waals surface area contributed by atoms with E-state index < -0.39 is 0 Å². The number of epoxide rings is 1. The van der Waals surface area contributed by atoms with E-state index in [-0.39, 0.29) is 5.60 Å². The first-order valence-electron chi connectivity index (χ1n) is 7.68. The highest BCUT2D eigenvalue weighted by molar-refractivity contribution is 5.16. The average molecular weight is 260 g/mol. The molecule has 3 rings (SSSR count). The molecule has 104 valence electrons. The fourth-order valence-corrected chi connectivity index (χ4v) is 3.39. The molecule has 0 bridgehead atoms. The van der Waals surface area contributed by atoms with Gasteiger partial charge < -0.3 is 9.47 Å². The first-order chi connectivity index (χ1) is 9.35. The third-order valence-corrected chi connectivity index (χ3v) is 4.55. The molecule has 1 aliphatic carbocycles. The summed E-state index contributed by atoms with van der Waals surface area (Å²) >= 11 is 0. The van der Waals surface area contributed by atoms with Gasteiger partial charge in [0.25, 0.3) is 0 Å². The van der Waals surface area contributed by atoms with Crippen LogP contribution >= 0.6 is 0 Å². The zero-order valence-electron chi connectivity index (χ0n) is 11.8. The van der Waals surface area contributed by atoms with Crippen LogP contribution in [0.1, 0.15) is 51.0 Å². The van der Waals surface area contributed by atoms with Crippen LogP contribution < -0.4 is 0 Å². The van der Waals surface area contributed by atoms with Crippen LogP contribution in [0.3, 0.4) is 0 Å². The number of hydrogen-bond acceptors (Lipinski definition) is 2. The number of fused-ring (bicyclic) bond motifs is 1. The van der Waals surface area contributed by atoms with Crippen molar-refractivity contribution >= 4 is 0 Å². The number of hydrogen-bond donors (Lipinski definition) is 0. The van der Waals surface area contributed by atoms with Gasteiger partial charge in [0.05, 0.1) is 18.8 Å². The van der Waals surface area contributed by atoms with E-state index in [0.29, 0.717) is 12.2 Å². The monoisotopic (exact) mass is 260 g/mol. The van der Waals surface area contributed by atoms with E-state index in [9.17, 15) is 0 Å². The minimum Gasteiger partial charge on any atom is -0.370 e. The Morgan fingerprint density at radius 3 is 2.79 bits per heavy atom. The predicted molar refractivity (Wildman–Crippen MR) is 76.0 cm³/mol. The molecule has 2 nitrogen and oxygen atoms in total. The lowest BCUT2D eigenvalue weighted by molar-refractivity contribution is -0.0214. The summed E-state index contributed by atoms with van der Waals surface area (Å²) in [4.78, 5) is 0. The van der Waals surface area contributed by atoms with Crippen molar-refractivity contribution in [2.75, 3.05) is 0 Å². The molecular weight excluding hydrogens is 236 g/mol. The lowest BCUT2D eigenvalue weighted by Gasteiger charge is -2.21. The van der Waals surface area contributed by atoms with E-state index in [2.05, 4.69) is 31.2 Å². The SMILES string of the molecule is CCCCC[C@]12O[C@@H]1CC[C@H]2OCc1ccccc1. The van der Waals surface area contributed by atoms with Crippen LogP contribution in [0.25, 0.3) is 0 Å². The standard InChI is InChI=1S/C17H24O2/c1-2-3-7-12-17-15(10-11-16(17)19-17)18-13-14-8-5-4-6-9-14/h4-6,8-9,15-16H,2-3,7,10-13H2,1H3/t15-,16-,17-/m1/s1. The minimum atomic E-state index is 0.0873. The smallest absolute Gasteiger partial charge is 0.121 e. The number of unbranched alkanes of at least 4 members (excludes halogenated alkanes) is 2.